The van der Waals surface area contributed by atoms with Crippen LogP contribution >= 0.6 is 22.9 Å². The van der Waals surface area contributed by atoms with Crippen molar-refractivity contribution in [1.29, 1.82) is 0 Å². The number of nitrogens with zero attached hydrogens (tertiary/aromatic N) is 2. The van der Waals surface area contributed by atoms with Crippen molar-refractivity contribution >= 4 is 44.2 Å². The molecule has 0 bridgehead atoms. The monoisotopic (exact) mass is 444 g/mol. The summed E-state index contributed by atoms with van der Waals surface area (Å²) in [6.45, 7) is 5.83. The van der Waals surface area contributed by atoms with Crippen LogP contribution in [0.2, 0.25) is 5.02 Å². The molecule has 5 nitrogen and oxygen atoms in total. The van der Waals surface area contributed by atoms with E-state index in [0.717, 1.165) is 46.5 Å². The maximum Gasteiger partial charge on any atom is 0.233 e. The van der Waals surface area contributed by atoms with Crippen molar-refractivity contribution in [2.45, 2.75) is 39.2 Å². The van der Waals surface area contributed by atoms with E-state index >= 15 is 0 Å². The molecule has 158 valence electrons. The Labute approximate surface area is 185 Å². The predicted molar refractivity (Wildman–Crippen MR) is 122 cm³/mol. The van der Waals surface area contributed by atoms with Gasteiger partial charge in [0.15, 0.2) is 5.13 Å². The number of amides is 1. The lowest BCUT2D eigenvalue weighted by molar-refractivity contribution is -0.118. The zero-order valence-corrected chi connectivity index (χ0v) is 18.8. The third kappa shape index (κ3) is 4.77. The first-order valence-electron chi connectivity index (χ1n) is 10.2. The molecule has 0 radical (unpaired) electrons. The van der Waals surface area contributed by atoms with Gasteiger partial charge in [-0.1, -0.05) is 35.1 Å². The molecule has 2 aromatic carbocycles. The smallest absolute Gasteiger partial charge is 0.233 e. The van der Waals surface area contributed by atoms with Crippen LogP contribution in [-0.2, 0) is 16.0 Å². The lowest BCUT2D eigenvalue weighted by atomic mass is 10.1. The maximum absolute atomic E-state index is 13.3. The van der Waals surface area contributed by atoms with E-state index in [9.17, 15) is 4.79 Å². The molecule has 0 aliphatic carbocycles. The third-order valence-corrected chi connectivity index (χ3v) is 6.41. The van der Waals surface area contributed by atoms with Crippen LogP contribution in [0.3, 0.4) is 0 Å². The lowest BCUT2D eigenvalue weighted by Crippen LogP contribution is -2.38. The highest BCUT2D eigenvalue weighted by atomic mass is 35.5. The molecule has 1 saturated heterocycles. The minimum Gasteiger partial charge on any atom is -0.494 e. The minimum absolute atomic E-state index is 0.0115. The second-order valence-electron chi connectivity index (χ2n) is 7.46. The summed E-state index contributed by atoms with van der Waals surface area (Å²) in [5.41, 5.74) is 2.85. The quantitative estimate of drug-likeness (QED) is 0.488. The highest BCUT2D eigenvalue weighted by molar-refractivity contribution is 7.22. The first-order valence-corrected chi connectivity index (χ1v) is 11.4. The normalized spacial score (nSPS) is 16.2. The number of carbonyl (C=O) groups excluding carboxylic acids is 1. The van der Waals surface area contributed by atoms with Gasteiger partial charge in [-0.3, -0.25) is 9.69 Å². The minimum atomic E-state index is 0.0115. The first-order chi connectivity index (χ1) is 14.5. The molecule has 30 heavy (non-hydrogen) atoms. The number of aryl methyl sites for hydroxylation is 1. The number of benzene rings is 2. The van der Waals surface area contributed by atoms with E-state index in [1.165, 1.54) is 11.3 Å². The largest absolute Gasteiger partial charge is 0.494 e. The Morgan fingerprint density at radius 2 is 2.13 bits per heavy atom. The van der Waals surface area contributed by atoms with E-state index in [4.69, 9.17) is 26.1 Å². The summed E-state index contributed by atoms with van der Waals surface area (Å²) < 4.78 is 12.3. The van der Waals surface area contributed by atoms with Crippen LogP contribution in [0.25, 0.3) is 10.2 Å². The molecule has 0 N–H and O–H groups in total. The number of ether oxygens (including phenoxy) is 2. The standard InChI is InChI=1S/C23H25ClN2O3S/c1-3-28-18-8-6-16(7-9-18)12-21(27)26(14-19-5-4-10-29-19)23-25-22-15(2)11-17(24)13-20(22)30-23/h6-9,11,13,19H,3-5,10,12,14H2,1-2H3. The Bertz CT molecular complexity index is 1030. The van der Waals surface area contributed by atoms with Gasteiger partial charge < -0.3 is 9.47 Å². The Kier molecular flexibility index (Phi) is 6.56. The molecule has 3 aromatic rings. The maximum atomic E-state index is 13.3. The average Bonchev–Trinajstić information content (AvgIpc) is 3.37. The highest BCUT2D eigenvalue weighted by Crippen LogP contribution is 2.34. The van der Waals surface area contributed by atoms with E-state index in [1.807, 2.05) is 50.2 Å². The number of rotatable bonds is 7. The third-order valence-electron chi connectivity index (χ3n) is 5.17. The van der Waals surface area contributed by atoms with Crippen molar-refractivity contribution in [3.8, 4) is 5.75 Å². The molecule has 4 rings (SSSR count). The van der Waals surface area contributed by atoms with E-state index in [-0.39, 0.29) is 12.0 Å². The molecule has 1 amide bonds. The Morgan fingerprint density at radius 1 is 1.33 bits per heavy atom. The molecule has 1 aliphatic rings. The summed E-state index contributed by atoms with van der Waals surface area (Å²) in [5.74, 6) is 0.820. The van der Waals surface area contributed by atoms with Crippen molar-refractivity contribution in [2.75, 3.05) is 24.7 Å². The topological polar surface area (TPSA) is 51.7 Å². The van der Waals surface area contributed by atoms with Gasteiger partial charge in [0.1, 0.15) is 5.75 Å². The van der Waals surface area contributed by atoms with Crippen molar-refractivity contribution in [1.82, 2.24) is 4.98 Å². The van der Waals surface area contributed by atoms with Gasteiger partial charge in [-0.2, -0.15) is 0 Å². The van der Waals surface area contributed by atoms with Crippen molar-refractivity contribution < 1.29 is 14.3 Å². The Balaban J connectivity index is 1.60. The zero-order chi connectivity index (χ0) is 21.1. The van der Waals surface area contributed by atoms with Gasteiger partial charge in [0.25, 0.3) is 0 Å². The summed E-state index contributed by atoms with van der Waals surface area (Å²) in [4.78, 5) is 19.9. The molecule has 0 saturated carbocycles. The lowest BCUT2D eigenvalue weighted by Gasteiger charge is -2.23. The van der Waals surface area contributed by atoms with Gasteiger partial charge in [-0.25, -0.2) is 4.98 Å². The molecule has 2 heterocycles. The van der Waals surface area contributed by atoms with Crippen molar-refractivity contribution in [3.05, 3.63) is 52.5 Å². The van der Waals surface area contributed by atoms with E-state index in [1.54, 1.807) is 4.90 Å². The van der Waals surface area contributed by atoms with Crippen molar-refractivity contribution in [2.24, 2.45) is 0 Å². The van der Waals surface area contributed by atoms with E-state index in [0.29, 0.717) is 29.7 Å². The number of hydrogen-bond donors (Lipinski definition) is 0. The average molecular weight is 445 g/mol. The molecular formula is C23H25ClN2O3S. The van der Waals surface area contributed by atoms with Gasteiger partial charge >= 0.3 is 0 Å². The number of hydrogen-bond acceptors (Lipinski definition) is 5. The molecule has 1 fully saturated rings. The molecule has 1 unspecified atom stereocenters. The predicted octanol–water partition coefficient (Wildman–Crippen LogP) is 5.41. The SMILES string of the molecule is CCOc1ccc(CC(=O)N(CC2CCCO2)c2nc3c(C)cc(Cl)cc3s2)cc1. The van der Waals surface area contributed by atoms with Gasteiger partial charge in [-0.05, 0) is 62.1 Å². The number of halogens is 1. The summed E-state index contributed by atoms with van der Waals surface area (Å²) in [7, 11) is 0. The molecule has 1 aromatic heterocycles. The van der Waals surface area contributed by atoms with E-state index < -0.39 is 0 Å². The second-order valence-corrected chi connectivity index (χ2v) is 8.90. The van der Waals surface area contributed by atoms with Crippen molar-refractivity contribution in [3.63, 3.8) is 0 Å². The van der Waals surface area contributed by atoms with Crippen LogP contribution in [0.1, 0.15) is 30.9 Å². The van der Waals surface area contributed by atoms with Gasteiger partial charge in [0, 0.05) is 11.6 Å². The van der Waals surface area contributed by atoms with Gasteiger partial charge in [-0.15, -0.1) is 0 Å². The van der Waals surface area contributed by atoms with Gasteiger partial charge in [0.05, 0.1) is 35.9 Å². The summed E-state index contributed by atoms with van der Waals surface area (Å²) in [6.07, 6.45) is 2.34. The summed E-state index contributed by atoms with van der Waals surface area (Å²) in [5, 5.41) is 1.38. The number of thiazole rings is 1. The number of fused-ring (bicyclic) bond motifs is 1. The Morgan fingerprint density at radius 3 is 2.83 bits per heavy atom. The molecular weight excluding hydrogens is 420 g/mol. The fraction of sp³-hybridized carbons (Fsp3) is 0.391. The zero-order valence-electron chi connectivity index (χ0n) is 17.2. The number of anilines is 1. The van der Waals surface area contributed by atoms with Crippen LogP contribution in [0.4, 0.5) is 5.13 Å². The first kappa shape index (κ1) is 21.1. The van der Waals surface area contributed by atoms with Crippen LogP contribution < -0.4 is 9.64 Å². The highest BCUT2D eigenvalue weighted by Gasteiger charge is 2.26. The van der Waals surface area contributed by atoms with Crippen LogP contribution in [0, 0.1) is 6.92 Å². The second kappa shape index (κ2) is 9.33. The fourth-order valence-corrected chi connectivity index (χ4v) is 5.12. The van der Waals surface area contributed by atoms with Gasteiger partial charge in [0.2, 0.25) is 5.91 Å². The number of aromatic nitrogens is 1. The van der Waals surface area contributed by atoms with Crippen LogP contribution in [0.15, 0.2) is 36.4 Å². The number of carbonyl (C=O) groups is 1. The van der Waals surface area contributed by atoms with Crippen LogP contribution in [-0.4, -0.2) is 36.8 Å². The summed E-state index contributed by atoms with van der Waals surface area (Å²) in [6, 6.07) is 11.5. The van der Waals surface area contributed by atoms with E-state index in [2.05, 4.69) is 0 Å². The molecule has 1 atom stereocenters. The Hall–Kier alpha value is -2.15. The molecule has 1 aliphatic heterocycles. The van der Waals surface area contributed by atoms with Crippen LogP contribution in [0.5, 0.6) is 5.75 Å². The fourth-order valence-electron chi connectivity index (χ4n) is 3.68. The molecule has 7 heteroatoms. The molecule has 0 spiro atoms. The summed E-state index contributed by atoms with van der Waals surface area (Å²) >= 11 is 7.72.